The first-order valence-electron chi connectivity index (χ1n) is 9.25. The molecule has 1 aromatic heterocycles. The van der Waals surface area contributed by atoms with E-state index in [0.29, 0.717) is 34.6 Å². The van der Waals surface area contributed by atoms with E-state index in [4.69, 9.17) is 23.7 Å². The number of hydrogen-bond acceptors (Lipinski definition) is 8. The van der Waals surface area contributed by atoms with Crippen molar-refractivity contribution >= 4 is 11.9 Å². The van der Waals surface area contributed by atoms with E-state index in [2.05, 4.69) is 9.97 Å². The van der Waals surface area contributed by atoms with Crippen LogP contribution in [0.2, 0.25) is 0 Å². The predicted molar refractivity (Wildman–Crippen MR) is 115 cm³/mol. The molecule has 0 aliphatic carbocycles. The highest BCUT2D eigenvalue weighted by molar-refractivity contribution is 6.06. The summed E-state index contributed by atoms with van der Waals surface area (Å²) >= 11 is 0. The molecular formula is C23H22N2O6. The Kier molecular flexibility index (Phi) is 7.05. The third kappa shape index (κ3) is 5.51. The van der Waals surface area contributed by atoms with Gasteiger partial charge in [0.15, 0.2) is 17.3 Å². The number of methoxy groups -OCH3 is 4. The SMILES string of the molecule is COc1ccc(C(=O)/C=C/c2ccc(Oc3nc(OC)cc(OC)n3)c(OC)c2)cc1. The number of allylic oxidation sites excluding steroid dienone is 1. The smallest absolute Gasteiger partial charge is 0.328 e. The maximum Gasteiger partial charge on any atom is 0.328 e. The van der Waals surface area contributed by atoms with E-state index in [1.807, 2.05) is 0 Å². The van der Waals surface area contributed by atoms with Gasteiger partial charge in [0.2, 0.25) is 11.8 Å². The zero-order valence-electron chi connectivity index (χ0n) is 17.6. The van der Waals surface area contributed by atoms with Gasteiger partial charge in [-0.2, -0.15) is 9.97 Å². The van der Waals surface area contributed by atoms with E-state index < -0.39 is 0 Å². The summed E-state index contributed by atoms with van der Waals surface area (Å²) in [7, 11) is 6.07. The van der Waals surface area contributed by atoms with Crippen LogP contribution in [0.1, 0.15) is 15.9 Å². The molecule has 8 nitrogen and oxygen atoms in total. The summed E-state index contributed by atoms with van der Waals surface area (Å²) in [6.45, 7) is 0. The molecule has 0 aliphatic rings. The number of carbonyl (C=O) groups excluding carboxylic acids is 1. The Labute approximate surface area is 180 Å². The second-order valence-corrected chi connectivity index (χ2v) is 6.17. The van der Waals surface area contributed by atoms with Crippen molar-refractivity contribution in [2.75, 3.05) is 28.4 Å². The molecule has 0 atom stereocenters. The highest BCUT2D eigenvalue weighted by Crippen LogP contribution is 2.32. The Balaban J connectivity index is 1.78. The highest BCUT2D eigenvalue weighted by Gasteiger charge is 2.12. The van der Waals surface area contributed by atoms with Crippen molar-refractivity contribution in [2.45, 2.75) is 0 Å². The van der Waals surface area contributed by atoms with Crippen molar-refractivity contribution in [1.82, 2.24) is 9.97 Å². The van der Waals surface area contributed by atoms with Crippen molar-refractivity contribution < 1.29 is 28.5 Å². The summed E-state index contributed by atoms with van der Waals surface area (Å²) in [6, 6.07) is 13.7. The second kappa shape index (κ2) is 10.1. The van der Waals surface area contributed by atoms with Gasteiger partial charge in [-0.25, -0.2) is 0 Å². The van der Waals surface area contributed by atoms with Crippen LogP contribution in [0, 0.1) is 0 Å². The fraction of sp³-hybridized carbons (Fsp3) is 0.174. The molecule has 0 unspecified atom stereocenters. The van der Waals surface area contributed by atoms with Crippen LogP contribution in [-0.4, -0.2) is 44.2 Å². The third-order valence-electron chi connectivity index (χ3n) is 4.27. The van der Waals surface area contributed by atoms with Crippen molar-refractivity contribution in [2.24, 2.45) is 0 Å². The maximum atomic E-state index is 12.4. The molecule has 3 rings (SSSR count). The van der Waals surface area contributed by atoms with Crippen LogP contribution in [0.5, 0.6) is 35.0 Å². The first-order valence-corrected chi connectivity index (χ1v) is 9.25. The van der Waals surface area contributed by atoms with E-state index in [1.54, 1.807) is 55.7 Å². The lowest BCUT2D eigenvalue weighted by Crippen LogP contribution is -1.99. The summed E-state index contributed by atoms with van der Waals surface area (Å²) in [5.74, 6) is 2.02. The average molecular weight is 422 g/mol. The number of benzene rings is 2. The quantitative estimate of drug-likeness (QED) is 0.374. The molecule has 31 heavy (non-hydrogen) atoms. The predicted octanol–water partition coefficient (Wildman–Crippen LogP) is 4.20. The van der Waals surface area contributed by atoms with Gasteiger partial charge in [-0.1, -0.05) is 12.1 Å². The van der Waals surface area contributed by atoms with Crippen LogP contribution in [0.15, 0.2) is 54.6 Å². The molecule has 3 aromatic rings. The van der Waals surface area contributed by atoms with Gasteiger partial charge < -0.3 is 23.7 Å². The van der Waals surface area contributed by atoms with Crippen LogP contribution in [0.3, 0.4) is 0 Å². The summed E-state index contributed by atoms with van der Waals surface area (Å²) in [5.41, 5.74) is 1.32. The van der Waals surface area contributed by atoms with Gasteiger partial charge in [0, 0.05) is 5.56 Å². The molecule has 1 heterocycles. The molecule has 0 aliphatic heterocycles. The average Bonchev–Trinajstić information content (AvgIpc) is 2.82. The molecule has 8 heteroatoms. The third-order valence-corrected chi connectivity index (χ3v) is 4.27. The van der Waals surface area contributed by atoms with Crippen LogP contribution in [0.4, 0.5) is 0 Å². The zero-order valence-corrected chi connectivity index (χ0v) is 17.6. The Morgan fingerprint density at radius 3 is 2.03 bits per heavy atom. The molecule has 0 amide bonds. The van der Waals surface area contributed by atoms with Gasteiger partial charge in [-0.05, 0) is 48.0 Å². The van der Waals surface area contributed by atoms with Gasteiger partial charge in [-0.3, -0.25) is 4.79 Å². The Morgan fingerprint density at radius 2 is 1.45 bits per heavy atom. The Bertz CT molecular complexity index is 1060. The second-order valence-electron chi connectivity index (χ2n) is 6.17. The molecule has 160 valence electrons. The van der Waals surface area contributed by atoms with Gasteiger partial charge in [0.25, 0.3) is 0 Å². The van der Waals surface area contributed by atoms with Gasteiger partial charge in [-0.15, -0.1) is 0 Å². The summed E-state index contributed by atoms with van der Waals surface area (Å²) < 4.78 is 26.5. The molecule has 0 fully saturated rings. The largest absolute Gasteiger partial charge is 0.497 e. The lowest BCUT2D eigenvalue weighted by Gasteiger charge is -2.11. The standard InChI is InChI=1S/C23H22N2O6/c1-27-17-9-7-16(8-10-17)18(26)11-5-15-6-12-19(20(13-15)28-2)31-23-24-21(29-3)14-22(25-23)30-4/h5-14H,1-4H3/b11-5+. The van der Waals surface area contributed by atoms with E-state index in [0.717, 1.165) is 5.56 Å². The first-order chi connectivity index (χ1) is 15.1. The highest BCUT2D eigenvalue weighted by atomic mass is 16.5. The molecule has 0 N–H and O–H groups in total. The fourth-order valence-electron chi connectivity index (χ4n) is 2.63. The minimum atomic E-state index is -0.126. The number of ketones is 1. The van der Waals surface area contributed by atoms with E-state index in [9.17, 15) is 4.79 Å². The van der Waals surface area contributed by atoms with Crippen LogP contribution in [-0.2, 0) is 0 Å². The van der Waals surface area contributed by atoms with Gasteiger partial charge >= 0.3 is 6.01 Å². The van der Waals surface area contributed by atoms with E-state index in [1.165, 1.54) is 33.5 Å². The van der Waals surface area contributed by atoms with Crippen molar-refractivity contribution in [3.8, 4) is 35.0 Å². The normalized spacial score (nSPS) is 10.6. The molecule has 2 aromatic carbocycles. The summed E-state index contributed by atoms with van der Waals surface area (Å²) in [4.78, 5) is 20.7. The van der Waals surface area contributed by atoms with Gasteiger partial charge in [0.1, 0.15) is 5.75 Å². The number of hydrogen-bond donors (Lipinski definition) is 0. The monoisotopic (exact) mass is 422 g/mol. The fourth-order valence-corrected chi connectivity index (χ4v) is 2.63. The Morgan fingerprint density at radius 1 is 0.774 bits per heavy atom. The molecule has 0 bridgehead atoms. The molecule has 0 saturated carbocycles. The lowest BCUT2D eigenvalue weighted by molar-refractivity contribution is 0.104. The van der Waals surface area contributed by atoms with Crippen molar-refractivity contribution in [3.05, 3.63) is 65.7 Å². The number of rotatable bonds is 9. The number of carbonyl (C=O) groups is 1. The van der Waals surface area contributed by atoms with Crippen LogP contribution >= 0.6 is 0 Å². The maximum absolute atomic E-state index is 12.4. The van der Waals surface area contributed by atoms with Gasteiger partial charge in [0.05, 0.1) is 34.5 Å². The number of aromatic nitrogens is 2. The zero-order chi connectivity index (χ0) is 22.2. The number of nitrogens with zero attached hydrogens (tertiary/aromatic N) is 2. The van der Waals surface area contributed by atoms with E-state index in [-0.39, 0.29) is 11.8 Å². The minimum absolute atomic E-state index is 0.0486. The van der Waals surface area contributed by atoms with Crippen LogP contribution < -0.4 is 23.7 Å². The Hall–Kier alpha value is -4.07. The summed E-state index contributed by atoms with van der Waals surface area (Å²) in [6.07, 6.45) is 3.19. The molecular weight excluding hydrogens is 400 g/mol. The van der Waals surface area contributed by atoms with Crippen molar-refractivity contribution in [1.29, 1.82) is 0 Å². The lowest BCUT2D eigenvalue weighted by atomic mass is 10.1. The molecule has 0 spiro atoms. The molecule has 0 radical (unpaired) electrons. The molecule has 0 saturated heterocycles. The minimum Gasteiger partial charge on any atom is -0.497 e. The number of ether oxygens (including phenoxy) is 5. The van der Waals surface area contributed by atoms with Crippen LogP contribution in [0.25, 0.3) is 6.08 Å². The summed E-state index contributed by atoms with van der Waals surface area (Å²) in [5, 5.41) is 0. The van der Waals surface area contributed by atoms with E-state index >= 15 is 0 Å². The van der Waals surface area contributed by atoms with Crippen molar-refractivity contribution in [3.63, 3.8) is 0 Å². The topological polar surface area (TPSA) is 89.0 Å². The first kappa shape index (κ1) is 21.6.